The van der Waals surface area contributed by atoms with Gasteiger partial charge >= 0.3 is 0 Å². The minimum Gasteiger partial charge on any atom is -0.266 e. The Kier molecular flexibility index (Phi) is 3.07. The van der Waals surface area contributed by atoms with Crippen LogP contribution in [0.2, 0.25) is 5.02 Å². The van der Waals surface area contributed by atoms with E-state index in [0.29, 0.717) is 0 Å². The average Bonchev–Trinajstić information content (AvgIpc) is 2.36. The number of benzene rings is 1. The second-order valence-electron chi connectivity index (χ2n) is 3.30. The molecule has 6 nitrogen and oxygen atoms in total. The number of hydrogen-bond acceptors (Lipinski definition) is 4. The van der Waals surface area contributed by atoms with Crippen molar-refractivity contribution in [2.45, 2.75) is 0 Å². The Labute approximate surface area is 104 Å². The van der Waals surface area contributed by atoms with Gasteiger partial charge in [-0.05, 0) is 6.07 Å². The van der Waals surface area contributed by atoms with Crippen LogP contribution in [-0.2, 0) is 0 Å². The highest BCUT2D eigenvalue weighted by Crippen LogP contribution is 2.15. The fourth-order valence-electron chi connectivity index (χ4n) is 1.33. The molecule has 0 amide bonds. The maximum Gasteiger partial charge on any atom is 0.293 e. The monoisotopic (exact) mass is 269 g/mol. The molecule has 8 heteroatoms. The normalized spacial score (nSPS) is 10.3. The lowest BCUT2D eigenvalue weighted by molar-refractivity contribution is -0.384. The summed E-state index contributed by atoms with van der Waals surface area (Å²) >= 11 is 5.45. The highest BCUT2D eigenvalue weighted by atomic mass is 35.5. The summed E-state index contributed by atoms with van der Waals surface area (Å²) in [6.07, 6.45) is 0.766. The van der Waals surface area contributed by atoms with Crippen molar-refractivity contribution in [3.63, 3.8) is 0 Å². The standard InChI is InChI=1S/C10H5ClFN3O3/c11-9-8(12)5-13-14(10(9)16)6-2-1-3-7(4-6)15(17)18/h1-5H. The summed E-state index contributed by atoms with van der Waals surface area (Å²) in [5, 5.41) is 13.5. The smallest absolute Gasteiger partial charge is 0.266 e. The molecule has 1 aromatic heterocycles. The largest absolute Gasteiger partial charge is 0.293 e. The Bertz CT molecular complexity index is 686. The predicted molar refractivity (Wildman–Crippen MR) is 61.5 cm³/mol. The van der Waals surface area contributed by atoms with Gasteiger partial charge in [-0.15, -0.1) is 0 Å². The number of nitrogens with zero attached hydrogens (tertiary/aromatic N) is 3. The maximum absolute atomic E-state index is 13.0. The van der Waals surface area contributed by atoms with E-state index in [1.807, 2.05) is 0 Å². The number of hydrogen-bond donors (Lipinski definition) is 0. The molecule has 2 aromatic rings. The van der Waals surface area contributed by atoms with Crippen LogP contribution in [0.5, 0.6) is 0 Å². The van der Waals surface area contributed by atoms with Gasteiger partial charge in [-0.2, -0.15) is 9.78 Å². The summed E-state index contributed by atoms with van der Waals surface area (Å²) in [4.78, 5) is 21.6. The number of nitro groups is 1. The highest BCUT2D eigenvalue weighted by molar-refractivity contribution is 6.30. The van der Waals surface area contributed by atoms with Gasteiger partial charge in [0, 0.05) is 12.1 Å². The lowest BCUT2D eigenvalue weighted by Crippen LogP contribution is -2.22. The van der Waals surface area contributed by atoms with Crippen molar-refractivity contribution in [3.05, 3.63) is 61.8 Å². The van der Waals surface area contributed by atoms with Gasteiger partial charge in [0.1, 0.15) is 5.02 Å². The Morgan fingerprint density at radius 1 is 1.44 bits per heavy atom. The van der Waals surface area contributed by atoms with Gasteiger partial charge in [0.05, 0.1) is 16.8 Å². The summed E-state index contributed by atoms with van der Waals surface area (Å²) in [7, 11) is 0. The topological polar surface area (TPSA) is 78.0 Å². The van der Waals surface area contributed by atoms with E-state index in [2.05, 4.69) is 5.10 Å². The van der Waals surface area contributed by atoms with Crippen LogP contribution in [0.1, 0.15) is 0 Å². The quantitative estimate of drug-likeness (QED) is 0.616. The zero-order valence-corrected chi connectivity index (χ0v) is 9.46. The van der Waals surface area contributed by atoms with Crippen molar-refractivity contribution >= 4 is 17.3 Å². The molecule has 1 heterocycles. The average molecular weight is 270 g/mol. The summed E-state index contributed by atoms with van der Waals surface area (Å²) in [6, 6.07) is 5.22. The summed E-state index contributed by atoms with van der Waals surface area (Å²) in [5.41, 5.74) is -0.949. The number of non-ortho nitro benzene ring substituents is 1. The minimum absolute atomic E-state index is 0.135. The molecular weight excluding hydrogens is 265 g/mol. The first-order valence-electron chi connectivity index (χ1n) is 4.69. The Morgan fingerprint density at radius 3 is 2.83 bits per heavy atom. The molecule has 0 bridgehead atoms. The zero-order valence-electron chi connectivity index (χ0n) is 8.71. The van der Waals surface area contributed by atoms with E-state index in [1.165, 1.54) is 18.2 Å². The van der Waals surface area contributed by atoms with Crippen LogP contribution in [0.15, 0.2) is 35.3 Å². The summed E-state index contributed by atoms with van der Waals surface area (Å²) in [6.45, 7) is 0. The zero-order chi connectivity index (χ0) is 13.3. The predicted octanol–water partition coefficient (Wildman–Crippen LogP) is 1.93. The Balaban J connectivity index is 2.63. The molecule has 0 saturated carbocycles. The van der Waals surface area contributed by atoms with Crippen molar-refractivity contribution < 1.29 is 9.31 Å². The van der Waals surface area contributed by atoms with Gasteiger partial charge in [0.25, 0.3) is 11.2 Å². The molecule has 92 valence electrons. The van der Waals surface area contributed by atoms with E-state index in [9.17, 15) is 19.3 Å². The number of halogens is 2. The number of aromatic nitrogens is 2. The molecule has 0 unspecified atom stereocenters. The molecule has 0 atom stereocenters. The third-order valence-corrected chi connectivity index (χ3v) is 2.50. The molecule has 0 saturated heterocycles. The minimum atomic E-state index is -0.941. The van der Waals surface area contributed by atoms with Crippen molar-refractivity contribution in [1.29, 1.82) is 0 Å². The second kappa shape index (κ2) is 4.53. The van der Waals surface area contributed by atoms with E-state index in [1.54, 1.807) is 0 Å². The van der Waals surface area contributed by atoms with Gasteiger partial charge in [-0.25, -0.2) is 4.39 Å². The number of nitro benzene ring substituents is 1. The Morgan fingerprint density at radius 2 is 2.17 bits per heavy atom. The molecule has 1 aromatic carbocycles. The molecule has 0 aliphatic rings. The maximum atomic E-state index is 13.0. The Hall–Kier alpha value is -2.28. The third-order valence-electron chi connectivity index (χ3n) is 2.16. The molecule has 2 rings (SSSR count). The van der Waals surface area contributed by atoms with Gasteiger partial charge < -0.3 is 0 Å². The first kappa shape index (κ1) is 12.2. The molecular formula is C10H5ClFN3O3. The van der Waals surface area contributed by atoms with Crippen molar-refractivity contribution in [3.8, 4) is 5.69 Å². The summed E-state index contributed by atoms with van der Waals surface area (Å²) in [5.74, 6) is -0.941. The molecule has 0 radical (unpaired) electrons. The SMILES string of the molecule is O=c1c(Cl)c(F)cnn1-c1cccc([N+](=O)[O-])c1. The van der Waals surface area contributed by atoms with Crippen LogP contribution in [-0.4, -0.2) is 14.7 Å². The fraction of sp³-hybridized carbons (Fsp3) is 0. The summed E-state index contributed by atoms with van der Waals surface area (Å²) < 4.78 is 13.8. The van der Waals surface area contributed by atoms with E-state index in [-0.39, 0.29) is 11.4 Å². The molecule has 0 N–H and O–H groups in total. The van der Waals surface area contributed by atoms with Crippen LogP contribution < -0.4 is 5.56 Å². The van der Waals surface area contributed by atoms with Crippen LogP contribution in [0.4, 0.5) is 10.1 Å². The van der Waals surface area contributed by atoms with Gasteiger partial charge in [-0.3, -0.25) is 14.9 Å². The van der Waals surface area contributed by atoms with Crippen LogP contribution in [0.25, 0.3) is 5.69 Å². The first-order chi connectivity index (χ1) is 8.50. The van der Waals surface area contributed by atoms with Gasteiger partial charge in [0.2, 0.25) is 0 Å². The van der Waals surface area contributed by atoms with Crippen molar-refractivity contribution in [2.75, 3.05) is 0 Å². The molecule has 0 spiro atoms. The van der Waals surface area contributed by atoms with E-state index in [0.717, 1.165) is 16.9 Å². The van der Waals surface area contributed by atoms with Gasteiger partial charge in [0.15, 0.2) is 5.82 Å². The first-order valence-corrected chi connectivity index (χ1v) is 5.06. The third kappa shape index (κ3) is 2.07. The van der Waals surface area contributed by atoms with Crippen molar-refractivity contribution in [1.82, 2.24) is 9.78 Å². The molecule has 0 fully saturated rings. The molecule has 0 aliphatic heterocycles. The second-order valence-corrected chi connectivity index (χ2v) is 3.68. The van der Waals surface area contributed by atoms with Gasteiger partial charge in [-0.1, -0.05) is 17.7 Å². The molecule has 0 aliphatic carbocycles. The van der Waals surface area contributed by atoms with Crippen LogP contribution >= 0.6 is 11.6 Å². The molecule has 18 heavy (non-hydrogen) atoms. The van der Waals surface area contributed by atoms with Crippen molar-refractivity contribution in [2.24, 2.45) is 0 Å². The fourth-order valence-corrected chi connectivity index (χ4v) is 1.46. The van der Waals surface area contributed by atoms with E-state index < -0.39 is 21.3 Å². The van der Waals surface area contributed by atoms with Crippen LogP contribution in [0, 0.1) is 15.9 Å². The lowest BCUT2D eigenvalue weighted by atomic mass is 10.3. The van der Waals surface area contributed by atoms with E-state index >= 15 is 0 Å². The van der Waals surface area contributed by atoms with E-state index in [4.69, 9.17) is 11.6 Å². The van der Waals surface area contributed by atoms with Crippen LogP contribution in [0.3, 0.4) is 0 Å². The number of rotatable bonds is 2. The highest BCUT2D eigenvalue weighted by Gasteiger charge is 2.12. The lowest BCUT2D eigenvalue weighted by Gasteiger charge is -2.04.